The molecule has 2 aliphatic rings. The first-order valence-corrected chi connectivity index (χ1v) is 43.0. The Labute approximate surface area is 678 Å². The number of urea groups is 2. The van der Waals surface area contributed by atoms with E-state index in [1.165, 1.54) is 12.1 Å². The number of amides is 8. The fourth-order valence-electron chi connectivity index (χ4n) is 13.9. The van der Waals surface area contributed by atoms with Gasteiger partial charge in [0.15, 0.2) is 5.71 Å². The van der Waals surface area contributed by atoms with E-state index in [-0.39, 0.29) is 118 Å². The topological polar surface area (TPSA) is 646 Å². The maximum atomic E-state index is 13.7. The number of carbonyl (C=O) groups is 12. The smallest absolute Gasteiger partial charge is 0.326 e. The van der Waals surface area contributed by atoms with Crippen LogP contribution in [0.4, 0.5) is 21.0 Å². The van der Waals surface area contributed by atoms with Gasteiger partial charge in [0.2, 0.25) is 29.3 Å². The minimum absolute atomic E-state index is 0.00426. The van der Waals surface area contributed by atoms with Crippen molar-refractivity contribution < 1.29 is 145 Å². The van der Waals surface area contributed by atoms with Crippen LogP contribution < -0.4 is 47.4 Å². The van der Waals surface area contributed by atoms with E-state index in [1.54, 1.807) is 56.4 Å². The van der Waals surface area contributed by atoms with E-state index in [9.17, 15) is 130 Å². The van der Waals surface area contributed by atoms with Gasteiger partial charge in [0.25, 0.3) is 40.5 Å². The Morgan fingerprint density at radius 1 is 0.432 bits per heavy atom. The second-order valence-corrected chi connectivity index (χ2v) is 34.5. The Kier molecular flexibility index (Phi) is 33.6. The van der Waals surface area contributed by atoms with Gasteiger partial charge in [-0.05, 0) is 157 Å². The van der Waals surface area contributed by atoms with Crippen molar-refractivity contribution in [3.05, 3.63) is 95.7 Å². The molecule has 5 atom stereocenters. The highest BCUT2D eigenvalue weighted by Crippen LogP contribution is 2.52. The van der Waals surface area contributed by atoms with Gasteiger partial charge < -0.3 is 78.1 Å². The lowest BCUT2D eigenvalue weighted by atomic mass is 9.79. The molecular formula is C74H97N10O30S4+. The molecule has 0 aromatic heterocycles. The lowest BCUT2D eigenvalue weighted by molar-refractivity contribution is -0.438. The summed E-state index contributed by atoms with van der Waals surface area (Å²) in [5.41, 5.74) is 1.25. The van der Waals surface area contributed by atoms with Gasteiger partial charge in [0.1, 0.15) is 46.5 Å². The average Bonchev–Trinajstić information content (AvgIpc) is 1.56. The Balaban J connectivity index is 1.11. The number of likely N-dealkylation sites (N-methyl/N-ethyl adjacent to an activating group) is 1. The summed E-state index contributed by atoms with van der Waals surface area (Å²) in [6.45, 7) is 9.57. The number of allylic oxidation sites excluding steroid dienone is 6. The first-order chi connectivity index (χ1) is 55.0. The van der Waals surface area contributed by atoms with Crippen LogP contribution in [0.25, 0.3) is 21.5 Å². The number of nitrogens with zero attached hydrogens (tertiary/aromatic N) is 2. The van der Waals surface area contributed by atoms with Gasteiger partial charge >= 0.3 is 47.9 Å². The Morgan fingerprint density at radius 2 is 0.873 bits per heavy atom. The van der Waals surface area contributed by atoms with Crippen LogP contribution in [-0.2, 0) is 99.2 Å². The van der Waals surface area contributed by atoms with E-state index in [2.05, 4.69) is 31.9 Å². The van der Waals surface area contributed by atoms with Gasteiger partial charge in [-0.1, -0.05) is 38.1 Å². The number of aliphatic carboxylic acids is 6. The van der Waals surface area contributed by atoms with Crippen LogP contribution in [-0.4, -0.2) is 227 Å². The van der Waals surface area contributed by atoms with E-state index < -0.39 is 198 Å². The van der Waals surface area contributed by atoms with Crippen LogP contribution >= 0.6 is 0 Å². The SMILES string of the molecule is CCN1/C(=C/C=C/C=C/C2=[N+](CCCCCC(=O)NCCCC(=O)N[C@@H](CCC(=O)NCCCC[C@H](NC(=O)N[C@@H](CCC(=O)O)C(=O)O)C(=O)O)C(=O)NCCCC[C@H](NC(=O)N[C@@H](CCC(=O)O)C(=O)O)C(=O)O)c3ccc4c(S(=O)(=O)O)cc(S(=O)(=O)O)cc4c3C2(C)C)C(C)(C)c2c1ccc1c(S(=O)(=O)O)cc(S(=O)(=O)O)cc21. The number of carbonyl (C=O) groups excluding carboxylic acids is 6. The van der Waals surface area contributed by atoms with Gasteiger partial charge in [-0.15, -0.1) is 0 Å². The number of benzene rings is 4. The van der Waals surface area contributed by atoms with Gasteiger partial charge in [0, 0.05) is 110 Å². The zero-order valence-electron chi connectivity index (χ0n) is 64.8. The lowest BCUT2D eigenvalue weighted by Crippen LogP contribution is -2.51. The third-order valence-corrected chi connectivity index (χ3v) is 23.1. The van der Waals surface area contributed by atoms with Crippen molar-refractivity contribution in [2.24, 2.45) is 0 Å². The molecule has 0 unspecified atom stereocenters. The standard InChI is InChI=1S/C74H96N10O30S4/c1-6-83-53-29-24-44-46(38-42(115(103,104)105)40-55(44)117(109,110)111)64(53)73(2,3)57(83)20-9-7-10-21-58-74(4,5)65-47-39-43(116(106,107)108)41-56(118(112,113)114)45(47)25-30-54(65)84(58)37-16-8-11-22-59(85)76-36-17-23-61(87)78-48(66(92)77-35-15-13-19-50(68(95)96)80-72(102)82-52(70(99)100)28-33-63(90)91)26-31-60(86)75-34-14-12-18-49(67(93)94)79-71(101)81-51(69(97)98)27-32-62(88)89/h7,9-10,20-21,24-25,29-30,38-41,48-52H,6,8,11-19,22-23,26-28,31-37H2,1-5H3,(H17-,75,76,77,78,79,80,81,82,85,86,87,88,89,90,91,92,93,94,95,96,97,98,99,100,101,102,103,104,105,106,107,108,109,110,111,112,113,114)/p+1/t48-,49-,50-,51-,52-/m0/s1. The molecule has 2 heterocycles. The number of nitrogens with one attached hydrogen (secondary N) is 8. The van der Waals surface area contributed by atoms with Crippen LogP contribution in [0.1, 0.15) is 161 Å². The van der Waals surface area contributed by atoms with Crippen LogP contribution in [0.5, 0.6) is 0 Å². The largest absolute Gasteiger partial charge is 0.481 e. The number of unbranched alkanes of at least 4 members (excludes halogenated alkanes) is 4. The minimum Gasteiger partial charge on any atom is -0.481 e. The van der Waals surface area contributed by atoms with Crippen molar-refractivity contribution in [2.45, 2.75) is 211 Å². The second kappa shape index (κ2) is 41.4. The molecule has 40 nitrogen and oxygen atoms in total. The number of hydrogen-bond donors (Lipinski definition) is 18. The number of fused-ring (bicyclic) bond motifs is 6. The summed E-state index contributed by atoms with van der Waals surface area (Å²) < 4.78 is 144. The van der Waals surface area contributed by atoms with Crippen LogP contribution in [0.15, 0.2) is 104 Å². The highest BCUT2D eigenvalue weighted by Gasteiger charge is 2.47. The van der Waals surface area contributed by atoms with Crippen molar-refractivity contribution in [3.63, 3.8) is 0 Å². The maximum Gasteiger partial charge on any atom is 0.326 e. The minimum atomic E-state index is -5.10. The predicted molar refractivity (Wildman–Crippen MR) is 421 cm³/mol. The van der Waals surface area contributed by atoms with E-state index in [0.29, 0.717) is 71.9 Å². The van der Waals surface area contributed by atoms with Crippen molar-refractivity contribution in [1.82, 2.24) is 42.5 Å². The molecule has 0 saturated carbocycles. The normalized spacial score (nSPS) is 15.5. The molecule has 0 bridgehead atoms. The van der Waals surface area contributed by atoms with Crippen molar-refractivity contribution in [3.8, 4) is 0 Å². The van der Waals surface area contributed by atoms with Crippen LogP contribution in [0, 0.1) is 0 Å². The molecule has 6 rings (SSSR count). The van der Waals surface area contributed by atoms with E-state index in [4.69, 9.17) is 10.2 Å². The summed E-state index contributed by atoms with van der Waals surface area (Å²) in [6, 6.07) is -0.486. The summed E-state index contributed by atoms with van der Waals surface area (Å²) in [6.07, 6.45) is 6.84. The van der Waals surface area contributed by atoms with Crippen LogP contribution in [0.3, 0.4) is 0 Å². The Morgan fingerprint density at radius 3 is 1.34 bits per heavy atom. The number of hydrogen-bond acceptors (Lipinski definition) is 21. The summed E-state index contributed by atoms with van der Waals surface area (Å²) >= 11 is 0. The molecule has 118 heavy (non-hydrogen) atoms. The number of carboxylic acid groups (broad SMARTS) is 6. The monoisotopic (exact) mass is 1730 g/mol. The number of anilines is 1. The quantitative estimate of drug-likeness (QED) is 0.0124. The lowest BCUT2D eigenvalue weighted by Gasteiger charge is -2.26. The fraction of sp³-hybridized carbons (Fsp3) is 0.473. The molecular weight excluding hydrogens is 1640 g/mol. The zero-order chi connectivity index (χ0) is 88.2. The number of carboxylic acids is 6. The van der Waals surface area contributed by atoms with E-state index >= 15 is 0 Å². The molecule has 0 spiro atoms. The van der Waals surface area contributed by atoms with Crippen molar-refractivity contribution in [2.75, 3.05) is 37.6 Å². The Bertz CT molecular complexity index is 5180. The second-order valence-electron chi connectivity index (χ2n) is 28.9. The molecule has 4 aromatic rings. The summed E-state index contributed by atoms with van der Waals surface area (Å²) in [5.74, 6) is -11.2. The van der Waals surface area contributed by atoms with E-state index in [0.717, 1.165) is 12.1 Å². The summed E-state index contributed by atoms with van der Waals surface area (Å²) in [7, 11) is -20.1. The first-order valence-electron chi connectivity index (χ1n) is 37.2. The first kappa shape index (κ1) is 95.8. The molecule has 8 amide bonds. The third kappa shape index (κ3) is 26.5. The molecule has 18 N–H and O–H groups in total. The summed E-state index contributed by atoms with van der Waals surface area (Å²) in [4.78, 5) is 146. The third-order valence-electron chi connectivity index (χ3n) is 19.7. The molecule has 0 saturated heterocycles. The maximum absolute atomic E-state index is 13.7. The molecule has 0 fully saturated rings. The molecule has 0 aliphatic carbocycles. The molecule has 2 aliphatic heterocycles. The van der Waals surface area contributed by atoms with Crippen molar-refractivity contribution >= 4 is 151 Å². The van der Waals surface area contributed by atoms with E-state index in [1.807, 2.05) is 40.9 Å². The predicted octanol–water partition coefficient (Wildman–Crippen LogP) is 4.61. The molecule has 0 radical (unpaired) electrons. The van der Waals surface area contributed by atoms with Gasteiger partial charge in [-0.2, -0.15) is 38.2 Å². The van der Waals surface area contributed by atoms with Gasteiger partial charge in [0.05, 0.1) is 15.2 Å². The number of rotatable bonds is 47. The summed E-state index contributed by atoms with van der Waals surface area (Å²) in [5, 5.41) is 74.9. The van der Waals surface area contributed by atoms with Gasteiger partial charge in [-0.25, -0.2) is 28.8 Å². The molecule has 646 valence electrons. The molecule has 44 heteroatoms. The highest BCUT2D eigenvalue weighted by atomic mass is 32.2. The highest BCUT2D eigenvalue weighted by molar-refractivity contribution is 7.87. The molecule has 4 aromatic carbocycles. The Hall–Kier alpha value is -11.0. The average molecular weight is 1730 g/mol. The van der Waals surface area contributed by atoms with Crippen molar-refractivity contribution in [1.29, 1.82) is 0 Å². The zero-order valence-corrected chi connectivity index (χ0v) is 68.1. The van der Waals surface area contributed by atoms with Crippen LogP contribution in [0.2, 0.25) is 0 Å². The fourth-order valence-corrected chi connectivity index (χ4v) is 16.6. The van der Waals surface area contributed by atoms with Gasteiger partial charge in [-0.3, -0.25) is 47.0 Å².